The number of urea groups is 1. The van der Waals surface area contributed by atoms with Gasteiger partial charge in [-0.3, -0.25) is 9.10 Å². The minimum absolute atomic E-state index is 0.0382. The molecule has 8 heteroatoms. The maximum Gasteiger partial charge on any atom is 0.324 e. The molecule has 1 rings (SSSR count). The van der Waals surface area contributed by atoms with Gasteiger partial charge in [0.05, 0.1) is 6.61 Å². The van der Waals surface area contributed by atoms with Gasteiger partial charge < -0.3 is 15.8 Å². The quantitative estimate of drug-likeness (QED) is 0.448. The molecular formula is C15H22FN3O3S. The van der Waals surface area contributed by atoms with Gasteiger partial charge in [0.1, 0.15) is 12.4 Å². The summed E-state index contributed by atoms with van der Waals surface area (Å²) in [5.41, 5.74) is 5.84. The number of nitrogens with zero attached hydrogens (tertiary/aromatic N) is 1. The number of halogens is 1. The molecule has 0 atom stereocenters. The largest absolute Gasteiger partial charge is 0.367 e. The summed E-state index contributed by atoms with van der Waals surface area (Å²) in [5, 5.41) is 2.74. The van der Waals surface area contributed by atoms with Gasteiger partial charge in [0.25, 0.3) is 0 Å². The Labute approximate surface area is 140 Å². The van der Waals surface area contributed by atoms with Crippen molar-refractivity contribution in [1.82, 2.24) is 9.62 Å². The molecule has 0 aromatic heterocycles. The molecule has 128 valence electrons. The molecule has 0 unspecified atom stereocenters. The van der Waals surface area contributed by atoms with Crippen molar-refractivity contribution in [3.63, 3.8) is 0 Å². The van der Waals surface area contributed by atoms with E-state index in [1.54, 1.807) is 12.1 Å². The fourth-order valence-corrected chi connectivity index (χ4v) is 1.94. The number of nitrogens with one attached hydrogen (secondary N) is 1. The highest BCUT2D eigenvalue weighted by Gasteiger charge is 2.04. The molecule has 1 aromatic carbocycles. The number of nitrogens with two attached hydrogens (primary N) is 1. The van der Waals surface area contributed by atoms with Crippen LogP contribution in [0.25, 0.3) is 0 Å². The summed E-state index contributed by atoms with van der Waals surface area (Å²) in [6, 6.07) is 5.36. The van der Waals surface area contributed by atoms with Gasteiger partial charge in [-0.05, 0) is 37.0 Å². The molecule has 0 aliphatic rings. The van der Waals surface area contributed by atoms with Crippen LogP contribution in [-0.2, 0) is 16.1 Å². The molecule has 3 N–H and O–H groups in total. The number of carbonyl (C=O) groups excluding carboxylic acids is 2. The molecule has 0 aliphatic carbocycles. The van der Waals surface area contributed by atoms with Crippen LogP contribution in [0.5, 0.6) is 0 Å². The van der Waals surface area contributed by atoms with Crippen LogP contribution in [-0.4, -0.2) is 35.9 Å². The first-order valence-corrected chi connectivity index (χ1v) is 7.74. The number of hydrogen-bond acceptors (Lipinski definition) is 4. The lowest BCUT2D eigenvalue weighted by molar-refractivity contribution is -0.126. The predicted molar refractivity (Wildman–Crippen MR) is 88.2 cm³/mol. The molecular weight excluding hydrogens is 321 g/mol. The third-order valence-electron chi connectivity index (χ3n) is 3.04. The smallest absolute Gasteiger partial charge is 0.324 e. The Morgan fingerprint density at radius 2 is 1.91 bits per heavy atom. The van der Waals surface area contributed by atoms with E-state index in [-0.39, 0.29) is 24.9 Å². The van der Waals surface area contributed by atoms with Crippen molar-refractivity contribution in [1.29, 1.82) is 0 Å². The summed E-state index contributed by atoms with van der Waals surface area (Å²) in [6.45, 7) is 1.25. The first-order valence-electron chi connectivity index (χ1n) is 7.34. The van der Waals surface area contributed by atoms with E-state index in [0.717, 1.165) is 29.1 Å². The number of benzene rings is 1. The van der Waals surface area contributed by atoms with Crippen molar-refractivity contribution in [3.05, 3.63) is 35.6 Å². The van der Waals surface area contributed by atoms with Crippen LogP contribution in [0.15, 0.2) is 24.3 Å². The number of thiol groups is 1. The van der Waals surface area contributed by atoms with Crippen LogP contribution in [0.4, 0.5) is 9.18 Å². The number of rotatable bonds is 10. The first-order chi connectivity index (χ1) is 11.0. The second kappa shape index (κ2) is 10.8. The fourth-order valence-electron chi connectivity index (χ4n) is 1.79. The van der Waals surface area contributed by atoms with Crippen molar-refractivity contribution in [3.8, 4) is 0 Å². The van der Waals surface area contributed by atoms with Gasteiger partial charge in [-0.1, -0.05) is 24.9 Å². The summed E-state index contributed by atoms with van der Waals surface area (Å²) in [7, 11) is 0. The number of ether oxygens (including phenoxy) is 1. The van der Waals surface area contributed by atoms with Crippen LogP contribution in [0.1, 0.15) is 24.8 Å². The highest BCUT2D eigenvalue weighted by molar-refractivity contribution is 7.78. The highest BCUT2D eigenvalue weighted by Crippen LogP contribution is 2.04. The fraction of sp³-hybridized carbons (Fsp3) is 0.467. The summed E-state index contributed by atoms with van der Waals surface area (Å²) in [5.74, 6) is -0.497. The first kappa shape index (κ1) is 19.2. The van der Waals surface area contributed by atoms with Crippen molar-refractivity contribution in [2.45, 2.75) is 25.9 Å². The van der Waals surface area contributed by atoms with Gasteiger partial charge in [-0.15, -0.1) is 0 Å². The van der Waals surface area contributed by atoms with Crippen LogP contribution >= 0.6 is 12.8 Å². The van der Waals surface area contributed by atoms with E-state index in [1.165, 1.54) is 12.1 Å². The second-order valence-electron chi connectivity index (χ2n) is 4.99. The molecule has 23 heavy (non-hydrogen) atoms. The molecule has 0 bridgehead atoms. The van der Waals surface area contributed by atoms with E-state index in [4.69, 9.17) is 10.5 Å². The lowest BCUT2D eigenvalue weighted by atomic mass is 10.2. The number of primary amides is 1. The Bertz CT molecular complexity index is 499. The minimum Gasteiger partial charge on any atom is -0.367 e. The van der Waals surface area contributed by atoms with Crippen molar-refractivity contribution < 1.29 is 18.7 Å². The van der Waals surface area contributed by atoms with E-state index in [0.29, 0.717) is 13.1 Å². The Hall–Kier alpha value is -1.80. The van der Waals surface area contributed by atoms with E-state index in [2.05, 4.69) is 18.1 Å². The summed E-state index contributed by atoms with van der Waals surface area (Å²) < 4.78 is 19.1. The van der Waals surface area contributed by atoms with Crippen molar-refractivity contribution >= 4 is 24.8 Å². The standard InChI is InChI=1S/C15H22FN3O3S/c16-13-6-4-12(5-7-13)10-22-11-14(20)18-8-2-1-3-9-19(23)15(17)21/h4-7,23H,1-3,8-11H2,(H2,17,21)(H,18,20). The lowest BCUT2D eigenvalue weighted by Crippen LogP contribution is -2.29. The monoisotopic (exact) mass is 343 g/mol. The Morgan fingerprint density at radius 1 is 1.22 bits per heavy atom. The van der Waals surface area contributed by atoms with Gasteiger partial charge >= 0.3 is 6.03 Å². The third kappa shape index (κ3) is 9.04. The van der Waals surface area contributed by atoms with Gasteiger partial charge in [-0.2, -0.15) is 0 Å². The van der Waals surface area contributed by atoms with Gasteiger partial charge in [0, 0.05) is 13.1 Å². The SMILES string of the molecule is NC(=O)N(S)CCCCCNC(=O)COCc1ccc(F)cc1. The van der Waals surface area contributed by atoms with Gasteiger partial charge in [0.15, 0.2) is 0 Å². The average molecular weight is 343 g/mol. The van der Waals surface area contributed by atoms with E-state index in [1.807, 2.05) is 0 Å². The molecule has 0 radical (unpaired) electrons. The molecule has 1 aromatic rings. The van der Waals surface area contributed by atoms with E-state index < -0.39 is 6.03 Å². The third-order valence-corrected chi connectivity index (χ3v) is 3.44. The Morgan fingerprint density at radius 3 is 2.57 bits per heavy atom. The summed E-state index contributed by atoms with van der Waals surface area (Å²) in [6.07, 6.45) is 2.41. The molecule has 0 spiro atoms. The number of amides is 3. The number of hydrogen-bond donors (Lipinski definition) is 3. The predicted octanol–water partition coefficient (Wildman–Crippen LogP) is 1.85. The summed E-state index contributed by atoms with van der Waals surface area (Å²) >= 11 is 3.91. The van der Waals surface area contributed by atoms with Crippen LogP contribution < -0.4 is 11.1 Å². The topological polar surface area (TPSA) is 84.7 Å². The van der Waals surface area contributed by atoms with Crippen molar-refractivity contribution in [2.24, 2.45) is 5.73 Å². The van der Waals surface area contributed by atoms with Gasteiger partial charge in [-0.25, -0.2) is 9.18 Å². The van der Waals surface area contributed by atoms with Crippen LogP contribution in [0.3, 0.4) is 0 Å². The zero-order chi connectivity index (χ0) is 17.1. The maximum atomic E-state index is 12.7. The average Bonchev–Trinajstić information content (AvgIpc) is 2.52. The zero-order valence-corrected chi connectivity index (χ0v) is 13.7. The molecule has 0 heterocycles. The molecule has 0 saturated carbocycles. The molecule has 6 nitrogen and oxygen atoms in total. The zero-order valence-electron chi connectivity index (χ0n) is 12.8. The second-order valence-corrected chi connectivity index (χ2v) is 5.47. The Balaban J connectivity index is 2.00. The summed E-state index contributed by atoms with van der Waals surface area (Å²) in [4.78, 5) is 22.3. The van der Waals surface area contributed by atoms with E-state index in [9.17, 15) is 14.0 Å². The minimum atomic E-state index is -0.570. The van der Waals surface area contributed by atoms with Crippen LogP contribution in [0, 0.1) is 5.82 Å². The maximum absolute atomic E-state index is 12.7. The normalized spacial score (nSPS) is 10.3. The number of unbranched alkanes of at least 4 members (excludes halogenated alkanes) is 2. The number of carbonyl (C=O) groups is 2. The Kier molecular flexibility index (Phi) is 9.08. The molecule has 0 aliphatic heterocycles. The van der Waals surface area contributed by atoms with Crippen molar-refractivity contribution in [2.75, 3.05) is 19.7 Å². The molecule has 0 fully saturated rings. The molecule has 3 amide bonds. The molecule has 0 saturated heterocycles. The highest BCUT2D eigenvalue weighted by atomic mass is 32.1. The van der Waals surface area contributed by atoms with Gasteiger partial charge in [0.2, 0.25) is 5.91 Å². The van der Waals surface area contributed by atoms with Crippen LogP contribution in [0.2, 0.25) is 0 Å². The van der Waals surface area contributed by atoms with E-state index >= 15 is 0 Å². The lowest BCUT2D eigenvalue weighted by Gasteiger charge is -2.11.